The Hall–Kier alpha value is -2.16. The van der Waals surface area contributed by atoms with Crippen molar-refractivity contribution < 1.29 is 17.4 Å². The molecule has 1 N–H and O–H groups in total. The summed E-state index contributed by atoms with van der Waals surface area (Å²) in [5, 5.41) is 6.79. The van der Waals surface area contributed by atoms with Gasteiger partial charge in [0, 0.05) is 5.75 Å². The predicted molar refractivity (Wildman–Crippen MR) is 94.7 cm³/mol. The fourth-order valence-corrected chi connectivity index (χ4v) is 4.26. The normalized spacial score (nSPS) is 12.8. The smallest absolute Gasteiger partial charge is 0.276 e. The zero-order valence-electron chi connectivity index (χ0n) is 13.1. The van der Waals surface area contributed by atoms with Gasteiger partial charge in [0.2, 0.25) is 6.39 Å². The molecule has 0 aliphatic carbocycles. The number of benzene rings is 2. The Morgan fingerprint density at radius 3 is 2.48 bits per heavy atom. The second-order valence-corrected chi connectivity index (χ2v) is 7.91. The molecule has 3 rings (SSSR count). The van der Waals surface area contributed by atoms with Crippen molar-refractivity contribution in [3.63, 3.8) is 0 Å². The van der Waals surface area contributed by atoms with E-state index in [9.17, 15) is 13.0 Å². The Morgan fingerprint density at radius 2 is 1.80 bits per heavy atom. The first kappa shape index (κ1) is 17.7. The number of aromatic nitrogens is 2. The molecule has 130 valence electrons. The van der Waals surface area contributed by atoms with Crippen molar-refractivity contribution in [2.24, 2.45) is 0 Å². The van der Waals surface area contributed by atoms with Crippen LogP contribution < -0.4 is 0 Å². The molecule has 6 nitrogen and oxygen atoms in total. The SMILES string of the molecule is O=S(=O)(O)C(Cc1ccccc1)c1ccccc1CSc1nnco1. The molecule has 0 spiro atoms. The highest BCUT2D eigenvalue weighted by Crippen LogP contribution is 2.32. The largest absolute Gasteiger partial charge is 0.419 e. The summed E-state index contributed by atoms with van der Waals surface area (Å²) in [4.78, 5) is 0. The molecule has 25 heavy (non-hydrogen) atoms. The molecule has 8 heteroatoms. The molecule has 0 saturated heterocycles. The van der Waals surface area contributed by atoms with E-state index in [-0.39, 0.29) is 6.42 Å². The van der Waals surface area contributed by atoms with Crippen molar-refractivity contribution in [2.75, 3.05) is 0 Å². The summed E-state index contributed by atoms with van der Waals surface area (Å²) in [7, 11) is -4.27. The Labute approximate surface area is 150 Å². The molecular weight excluding hydrogens is 360 g/mol. The summed E-state index contributed by atoms with van der Waals surface area (Å²) in [5.74, 6) is 0.458. The van der Waals surface area contributed by atoms with Crippen molar-refractivity contribution >= 4 is 21.9 Å². The van der Waals surface area contributed by atoms with E-state index in [0.717, 1.165) is 11.1 Å². The fourth-order valence-electron chi connectivity index (χ4n) is 2.55. The molecule has 0 amide bonds. The lowest BCUT2D eigenvalue weighted by Gasteiger charge is -2.18. The lowest BCUT2D eigenvalue weighted by molar-refractivity contribution is 0.453. The highest BCUT2D eigenvalue weighted by molar-refractivity contribution is 7.98. The summed E-state index contributed by atoms with van der Waals surface area (Å²) < 4.78 is 38.9. The number of hydrogen-bond acceptors (Lipinski definition) is 6. The van der Waals surface area contributed by atoms with E-state index in [4.69, 9.17) is 4.42 Å². The van der Waals surface area contributed by atoms with Crippen molar-refractivity contribution in [2.45, 2.75) is 22.6 Å². The van der Waals surface area contributed by atoms with Crippen LogP contribution in [0.15, 0.2) is 70.6 Å². The number of nitrogens with zero attached hydrogens (tertiary/aromatic N) is 2. The molecule has 3 aromatic rings. The molecule has 1 aromatic heterocycles. The second kappa shape index (κ2) is 7.81. The van der Waals surface area contributed by atoms with Gasteiger partial charge in [-0.15, -0.1) is 10.2 Å². The van der Waals surface area contributed by atoms with Crippen molar-refractivity contribution in [1.82, 2.24) is 10.2 Å². The van der Waals surface area contributed by atoms with Gasteiger partial charge >= 0.3 is 0 Å². The van der Waals surface area contributed by atoms with Crippen LogP contribution in [0.1, 0.15) is 21.9 Å². The van der Waals surface area contributed by atoms with Gasteiger partial charge in [-0.2, -0.15) is 8.42 Å². The zero-order chi connectivity index (χ0) is 17.7. The summed E-state index contributed by atoms with van der Waals surface area (Å²) in [6.07, 6.45) is 1.44. The van der Waals surface area contributed by atoms with Crippen molar-refractivity contribution in [3.8, 4) is 0 Å². The molecular formula is C17H16N2O4S2. The Balaban J connectivity index is 1.90. The molecule has 0 fully saturated rings. The van der Waals surface area contributed by atoms with Gasteiger partial charge in [-0.1, -0.05) is 66.4 Å². The first-order valence-electron chi connectivity index (χ1n) is 7.51. The van der Waals surface area contributed by atoms with E-state index in [1.165, 1.54) is 18.2 Å². The van der Waals surface area contributed by atoms with Crippen LogP contribution in [0.3, 0.4) is 0 Å². The highest BCUT2D eigenvalue weighted by atomic mass is 32.2. The average molecular weight is 376 g/mol. The zero-order valence-corrected chi connectivity index (χ0v) is 14.8. The maximum atomic E-state index is 12.0. The topological polar surface area (TPSA) is 93.3 Å². The Morgan fingerprint density at radius 1 is 1.08 bits per heavy atom. The minimum atomic E-state index is -4.27. The lowest BCUT2D eigenvalue weighted by Crippen LogP contribution is -2.16. The van der Waals surface area contributed by atoms with Crippen LogP contribution in [0.4, 0.5) is 0 Å². The van der Waals surface area contributed by atoms with Gasteiger partial charge in [-0.25, -0.2) is 0 Å². The van der Waals surface area contributed by atoms with Gasteiger partial charge in [0.05, 0.1) is 0 Å². The molecule has 2 aromatic carbocycles. The van der Waals surface area contributed by atoms with Crippen LogP contribution in [0, 0.1) is 0 Å². The van der Waals surface area contributed by atoms with Gasteiger partial charge in [0.25, 0.3) is 15.3 Å². The van der Waals surface area contributed by atoms with Crippen LogP contribution in [-0.4, -0.2) is 23.2 Å². The standard InChI is InChI=1S/C17H16N2O4S2/c20-25(21,22)16(10-13-6-2-1-3-7-13)15-9-5-4-8-14(15)11-24-17-19-18-12-23-17/h1-9,12,16H,10-11H2,(H,20,21,22). The van der Waals surface area contributed by atoms with Crippen LogP contribution in [-0.2, 0) is 22.3 Å². The van der Waals surface area contributed by atoms with Crippen LogP contribution in [0.5, 0.6) is 0 Å². The minimum Gasteiger partial charge on any atom is -0.419 e. The van der Waals surface area contributed by atoms with E-state index < -0.39 is 15.4 Å². The van der Waals surface area contributed by atoms with Crippen LogP contribution in [0.25, 0.3) is 0 Å². The van der Waals surface area contributed by atoms with Gasteiger partial charge in [-0.3, -0.25) is 4.55 Å². The van der Waals surface area contributed by atoms with E-state index in [1.807, 2.05) is 42.5 Å². The van der Waals surface area contributed by atoms with Crippen molar-refractivity contribution in [3.05, 3.63) is 77.7 Å². The van der Waals surface area contributed by atoms with Crippen LogP contribution in [0.2, 0.25) is 0 Å². The molecule has 0 radical (unpaired) electrons. The third-order valence-corrected chi connectivity index (χ3v) is 5.74. The third-order valence-electron chi connectivity index (χ3n) is 3.72. The number of rotatable bonds is 7. The Kier molecular flexibility index (Phi) is 5.52. The molecule has 1 atom stereocenters. The second-order valence-electron chi connectivity index (χ2n) is 5.39. The number of thioether (sulfide) groups is 1. The maximum absolute atomic E-state index is 12.0. The minimum absolute atomic E-state index is 0.196. The van der Waals surface area contributed by atoms with Crippen molar-refractivity contribution in [1.29, 1.82) is 0 Å². The summed E-state index contributed by atoms with van der Waals surface area (Å²) in [6.45, 7) is 0. The maximum Gasteiger partial charge on any atom is 0.276 e. The first-order chi connectivity index (χ1) is 12.0. The van der Waals surface area contributed by atoms with Gasteiger partial charge < -0.3 is 4.42 Å². The van der Waals surface area contributed by atoms with Gasteiger partial charge in [-0.05, 0) is 23.1 Å². The molecule has 0 aliphatic heterocycles. The quantitative estimate of drug-likeness (QED) is 0.498. The predicted octanol–water partition coefficient (Wildman–Crippen LogP) is 3.53. The van der Waals surface area contributed by atoms with E-state index in [2.05, 4.69) is 10.2 Å². The molecule has 0 aliphatic rings. The van der Waals surface area contributed by atoms with Gasteiger partial charge in [0.1, 0.15) is 5.25 Å². The lowest BCUT2D eigenvalue weighted by atomic mass is 10.00. The average Bonchev–Trinajstić information content (AvgIpc) is 3.12. The van der Waals surface area contributed by atoms with E-state index in [0.29, 0.717) is 16.5 Å². The molecule has 1 heterocycles. The summed E-state index contributed by atoms with van der Waals surface area (Å²) in [5.41, 5.74) is 2.20. The van der Waals surface area contributed by atoms with E-state index in [1.54, 1.807) is 12.1 Å². The molecule has 0 bridgehead atoms. The molecule has 1 unspecified atom stereocenters. The van der Waals surface area contributed by atoms with Crippen LogP contribution >= 0.6 is 11.8 Å². The molecule has 0 saturated carbocycles. The Bertz CT molecular complexity index is 913. The fraction of sp³-hybridized carbons (Fsp3) is 0.176. The first-order valence-corrected chi connectivity index (χ1v) is 10.00. The monoisotopic (exact) mass is 376 g/mol. The number of hydrogen-bond donors (Lipinski definition) is 1. The summed E-state index contributed by atoms with van der Waals surface area (Å²) in [6, 6.07) is 16.4. The van der Waals surface area contributed by atoms with Gasteiger partial charge in [0.15, 0.2) is 0 Å². The van der Waals surface area contributed by atoms with E-state index >= 15 is 0 Å². The summed E-state index contributed by atoms with van der Waals surface area (Å²) >= 11 is 1.31. The third kappa shape index (κ3) is 4.68. The highest BCUT2D eigenvalue weighted by Gasteiger charge is 2.27.